The molecule has 0 aliphatic rings. The van der Waals surface area contributed by atoms with Gasteiger partial charge in [0.15, 0.2) is 0 Å². The van der Waals surface area contributed by atoms with Crippen molar-refractivity contribution in [3.63, 3.8) is 0 Å². The van der Waals surface area contributed by atoms with Gasteiger partial charge in [0.2, 0.25) is 11.8 Å². The van der Waals surface area contributed by atoms with Gasteiger partial charge in [0.25, 0.3) is 0 Å². The Bertz CT molecular complexity index is 739. The van der Waals surface area contributed by atoms with E-state index in [2.05, 4.69) is 39.8 Å². The molecule has 0 radical (unpaired) electrons. The number of hydrogen-bond acceptors (Lipinski definition) is 5. The Morgan fingerprint density at radius 1 is 0.917 bits per heavy atom. The van der Waals surface area contributed by atoms with Crippen molar-refractivity contribution in [2.45, 2.75) is 19.4 Å². The monoisotopic (exact) mass is 323 g/mol. The second kappa shape index (κ2) is 8.26. The summed E-state index contributed by atoms with van der Waals surface area (Å²) in [5.74, 6) is 2.15. The van der Waals surface area contributed by atoms with Crippen LogP contribution in [-0.2, 0) is 19.4 Å². The predicted molar refractivity (Wildman–Crippen MR) is 92.0 cm³/mol. The zero-order valence-corrected chi connectivity index (χ0v) is 13.7. The van der Waals surface area contributed by atoms with E-state index in [-0.39, 0.29) is 0 Å². The molecule has 0 saturated heterocycles. The summed E-state index contributed by atoms with van der Waals surface area (Å²) in [6, 6.07) is 18.2. The fraction of sp³-hybridized carbons (Fsp3) is 0.263. The number of hydrogen-bond donors (Lipinski definition) is 1. The molecule has 3 rings (SSSR count). The van der Waals surface area contributed by atoms with Gasteiger partial charge in [0.1, 0.15) is 5.75 Å². The van der Waals surface area contributed by atoms with Crippen molar-refractivity contribution < 1.29 is 9.15 Å². The minimum Gasteiger partial charge on any atom is -0.497 e. The van der Waals surface area contributed by atoms with Gasteiger partial charge < -0.3 is 14.5 Å². The van der Waals surface area contributed by atoms with Crippen molar-refractivity contribution >= 4 is 0 Å². The molecule has 0 atom stereocenters. The number of nitrogens with zero attached hydrogens (tertiary/aromatic N) is 2. The van der Waals surface area contributed by atoms with Gasteiger partial charge in [-0.25, -0.2) is 0 Å². The molecule has 5 heteroatoms. The average Bonchev–Trinajstić information content (AvgIpc) is 3.07. The van der Waals surface area contributed by atoms with Crippen LogP contribution in [0.3, 0.4) is 0 Å². The van der Waals surface area contributed by atoms with Crippen LogP contribution in [0.2, 0.25) is 0 Å². The van der Waals surface area contributed by atoms with Gasteiger partial charge in [0.05, 0.1) is 20.1 Å². The lowest BCUT2D eigenvalue weighted by molar-refractivity contribution is 0.414. The van der Waals surface area contributed by atoms with Crippen molar-refractivity contribution in [3.8, 4) is 5.75 Å². The number of aromatic nitrogens is 2. The summed E-state index contributed by atoms with van der Waals surface area (Å²) in [6.45, 7) is 1.43. The molecule has 0 saturated carbocycles. The van der Waals surface area contributed by atoms with Gasteiger partial charge >= 0.3 is 0 Å². The molecule has 24 heavy (non-hydrogen) atoms. The van der Waals surface area contributed by atoms with E-state index in [1.807, 2.05) is 30.3 Å². The van der Waals surface area contributed by atoms with Gasteiger partial charge in [-0.1, -0.05) is 42.5 Å². The molecule has 0 aliphatic heterocycles. The molecule has 0 spiro atoms. The summed E-state index contributed by atoms with van der Waals surface area (Å²) in [6.07, 6.45) is 1.61. The molecule has 124 valence electrons. The first-order valence-corrected chi connectivity index (χ1v) is 8.02. The van der Waals surface area contributed by atoms with E-state index in [4.69, 9.17) is 9.15 Å². The van der Waals surface area contributed by atoms with Crippen LogP contribution < -0.4 is 10.1 Å². The Morgan fingerprint density at radius 3 is 2.42 bits per heavy atom. The van der Waals surface area contributed by atoms with E-state index in [9.17, 15) is 0 Å². The molecule has 2 aromatic carbocycles. The third-order valence-electron chi connectivity index (χ3n) is 3.73. The summed E-state index contributed by atoms with van der Waals surface area (Å²) in [5.41, 5.74) is 2.43. The van der Waals surface area contributed by atoms with Gasteiger partial charge in [-0.05, 0) is 36.2 Å². The maximum atomic E-state index is 5.67. The molecule has 0 amide bonds. The molecule has 1 N–H and O–H groups in total. The maximum absolute atomic E-state index is 5.67. The van der Waals surface area contributed by atoms with Crippen LogP contribution in [-0.4, -0.2) is 23.9 Å². The van der Waals surface area contributed by atoms with Gasteiger partial charge in [-0.2, -0.15) is 0 Å². The first-order chi connectivity index (χ1) is 11.8. The molecule has 1 heterocycles. The Labute approximate surface area is 141 Å². The van der Waals surface area contributed by atoms with Crippen molar-refractivity contribution in [2.24, 2.45) is 0 Å². The van der Waals surface area contributed by atoms with Crippen molar-refractivity contribution in [1.82, 2.24) is 15.5 Å². The molecule has 0 aliphatic carbocycles. The predicted octanol–water partition coefficient (Wildman–Crippen LogP) is 3.00. The van der Waals surface area contributed by atoms with Crippen LogP contribution in [0.15, 0.2) is 59.0 Å². The smallest absolute Gasteiger partial charge is 0.230 e. The molecule has 1 aromatic heterocycles. The highest BCUT2D eigenvalue weighted by Gasteiger charge is 2.06. The molecule has 0 fully saturated rings. The highest BCUT2D eigenvalue weighted by molar-refractivity contribution is 5.27. The van der Waals surface area contributed by atoms with Gasteiger partial charge in [-0.15, -0.1) is 10.2 Å². The van der Waals surface area contributed by atoms with Crippen molar-refractivity contribution in [3.05, 3.63) is 77.5 Å². The number of rotatable bonds is 8. The van der Waals surface area contributed by atoms with E-state index in [1.165, 1.54) is 11.1 Å². The zero-order chi connectivity index (χ0) is 16.6. The third-order valence-corrected chi connectivity index (χ3v) is 3.73. The minimum atomic E-state index is 0.581. The van der Waals surface area contributed by atoms with E-state index < -0.39 is 0 Å². The lowest BCUT2D eigenvalue weighted by atomic mass is 10.1. The SMILES string of the molecule is COc1ccc(CCNCc2nnc(Cc3ccccc3)o2)cc1. The molecule has 0 bridgehead atoms. The Hall–Kier alpha value is -2.66. The van der Waals surface area contributed by atoms with Crippen molar-refractivity contribution in [2.75, 3.05) is 13.7 Å². The zero-order valence-electron chi connectivity index (χ0n) is 13.7. The fourth-order valence-electron chi connectivity index (χ4n) is 2.42. The van der Waals surface area contributed by atoms with E-state index in [1.54, 1.807) is 7.11 Å². The molecular weight excluding hydrogens is 302 g/mol. The number of methoxy groups -OCH3 is 1. The summed E-state index contributed by atoms with van der Waals surface area (Å²) >= 11 is 0. The molecule has 3 aromatic rings. The summed E-state index contributed by atoms with van der Waals surface area (Å²) < 4.78 is 10.8. The maximum Gasteiger partial charge on any atom is 0.230 e. The lowest BCUT2D eigenvalue weighted by Gasteiger charge is -2.04. The van der Waals surface area contributed by atoms with Crippen LogP contribution in [0.5, 0.6) is 5.75 Å². The van der Waals surface area contributed by atoms with Gasteiger partial charge in [-0.3, -0.25) is 0 Å². The summed E-state index contributed by atoms with van der Waals surface area (Å²) in [4.78, 5) is 0. The topological polar surface area (TPSA) is 60.2 Å². The Kier molecular flexibility index (Phi) is 5.58. The molecule has 5 nitrogen and oxygen atoms in total. The van der Waals surface area contributed by atoms with Crippen LogP contribution >= 0.6 is 0 Å². The summed E-state index contributed by atoms with van der Waals surface area (Å²) in [7, 11) is 1.67. The Balaban J connectivity index is 1.42. The number of benzene rings is 2. The van der Waals surface area contributed by atoms with Crippen LogP contribution in [0.4, 0.5) is 0 Å². The van der Waals surface area contributed by atoms with E-state index >= 15 is 0 Å². The minimum absolute atomic E-state index is 0.581. The Morgan fingerprint density at radius 2 is 1.67 bits per heavy atom. The fourth-order valence-corrected chi connectivity index (χ4v) is 2.42. The highest BCUT2D eigenvalue weighted by atomic mass is 16.5. The third kappa shape index (κ3) is 4.67. The molecule has 0 unspecified atom stereocenters. The van der Waals surface area contributed by atoms with Crippen molar-refractivity contribution in [1.29, 1.82) is 0 Å². The quantitative estimate of drug-likeness (QED) is 0.646. The lowest BCUT2D eigenvalue weighted by Crippen LogP contribution is -2.16. The first kappa shape index (κ1) is 16.2. The standard InChI is InChI=1S/C19H21N3O2/c1-23-17-9-7-15(8-10-17)11-12-20-14-19-22-21-18(24-19)13-16-5-3-2-4-6-16/h2-10,20H,11-14H2,1H3. The highest BCUT2D eigenvalue weighted by Crippen LogP contribution is 2.11. The van der Waals surface area contributed by atoms with E-state index in [0.717, 1.165) is 18.7 Å². The van der Waals surface area contributed by atoms with Crippen LogP contribution in [0.25, 0.3) is 0 Å². The van der Waals surface area contributed by atoms with E-state index in [0.29, 0.717) is 24.7 Å². The van der Waals surface area contributed by atoms with Crippen LogP contribution in [0.1, 0.15) is 22.9 Å². The molecular formula is C19H21N3O2. The van der Waals surface area contributed by atoms with Gasteiger partial charge in [0, 0.05) is 0 Å². The largest absolute Gasteiger partial charge is 0.497 e. The van der Waals surface area contributed by atoms with Crippen LogP contribution in [0, 0.1) is 0 Å². The number of ether oxygens (including phenoxy) is 1. The second-order valence-corrected chi connectivity index (χ2v) is 5.53. The number of nitrogens with one attached hydrogen (secondary N) is 1. The normalized spacial score (nSPS) is 10.7. The second-order valence-electron chi connectivity index (χ2n) is 5.53. The summed E-state index contributed by atoms with van der Waals surface area (Å²) in [5, 5.41) is 11.5. The average molecular weight is 323 g/mol. The first-order valence-electron chi connectivity index (χ1n) is 8.02.